The Labute approximate surface area is 188 Å². The van der Waals surface area contributed by atoms with Gasteiger partial charge in [-0.15, -0.1) is 4.24 Å². The second kappa shape index (κ2) is 8.14. The molecule has 0 aliphatic rings. The minimum Gasteiger partial charge on any atom is -0.726 e. The molecule has 32 heavy (non-hydrogen) atoms. The van der Waals surface area contributed by atoms with Crippen molar-refractivity contribution in [2.45, 2.75) is 0 Å². The second-order valence-electron chi connectivity index (χ2n) is 7.35. The summed E-state index contributed by atoms with van der Waals surface area (Å²) in [6.07, 6.45) is 0. The Hall–Kier alpha value is -3.05. The summed E-state index contributed by atoms with van der Waals surface area (Å²) in [5, 5.41) is 2.93. The van der Waals surface area contributed by atoms with Gasteiger partial charge in [-0.3, -0.25) is 4.18 Å². The molecule has 0 saturated carbocycles. The number of rotatable bonds is 2. The van der Waals surface area contributed by atoms with Gasteiger partial charge in [0.2, 0.25) is 10.4 Å². The Morgan fingerprint density at radius 2 is 1.72 bits per heavy atom. The van der Waals surface area contributed by atoms with Gasteiger partial charge < -0.3 is 9.45 Å². The average Bonchev–Trinajstić information content (AvgIpc) is 3.23. The van der Waals surface area contributed by atoms with Gasteiger partial charge in [0, 0.05) is 30.6 Å². The third-order valence-corrected chi connectivity index (χ3v) is 6.87. The van der Waals surface area contributed by atoms with E-state index in [-0.39, 0.29) is 5.56 Å². The summed E-state index contributed by atoms with van der Waals surface area (Å²) < 4.78 is 36.2. The quantitative estimate of drug-likeness (QED) is 0.223. The summed E-state index contributed by atoms with van der Waals surface area (Å²) in [5.41, 5.74) is 3.27. The lowest BCUT2D eigenvalue weighted by Gasteiger charge is -2.14. The largest absolute Gasteiger partial charge is 0.726 e. The van der Waals surface area contributed by atoms with Crippen LogP contribution in [0.5, 0.6) is 0 Å². The highest BCUT2D eigenvalue weighted by molar-refractivity contribution is 7.80. The fourth-order valence-electron chi connectivity index (χ4n) is 3.83. The number of para-hydroxylation sites is 1. The van der Waals surface area contributed by atoms with Gasteiger partial charge >= 0.3 is 10.4 Å². The molecular formula is C22H21N3O5S2. The molecule has 0 bridgehead atoms. The summed E-state index contributed by atoms with van der Waals surface area (Å²) >= 11 is 1.65. The highest BCUT2D eigenvalue weighted by atomic mass is 32.3. The summed E-state index contributed by atoms with van der Waals surface area (Å²) in [6.45, 7) is 0. The van der Waals surface area contributed by atoms with Crippen molar-refractivity contribution in [2.24, 2.45) is 7.05 Å². The van der Waals surface area contributed by atoms with Crippen molar-refractivity contribution in [1.29, 1.82) is 0 Å². The van der Waals surface area contributed by atoms with Crippen molar-refractivity contribution in [1.82, 2.24) is 4.57 Å². The van der Waals surface area contributed by atoms with Crippen LogP contribution >= 0.6 is 11.3 Å². The molecule has 0 spiro atoms. The van der Waals surface area contributed by atoms with Crippen molar-refractivity contribution in [3.05, 3.63) is 69.8 Å². The summed E-state index contributed by atoms with van der Waals surface area (Å²) in [5.74, 6) is 0. The van der Waals surface area contributed by atoms with Crippen LogP contribution in [0.15, 0.2) is 59.4 Å². The van der Waals surface area contributed by atoms with Gasteiger partial charge in [-0.2, -0.15) is 0 Å². The van der Waals surface area contributed by atoms with Crippen molar-refractivity contribution < 1.29 is 21.4 Å². The maximum Gasteiger partial charge on any atom is 0.349 e. The molecular weight excluding hydrogens is 450 g/mol. The van der Waals surface area contributed by atoms with Gasteiger partial charge in [-0.1, -0.05) is 24.3 Å². The molecule has 0 fully saturated rings. The zero-order chi connectivity index (χ0) is 23.2. The van der Waals surface area contributed by atoms with Gasteiger partial charge in [0.15, 0.2) is 0 Å². The van der Waals surface area contributed by atoms with E-state index in [1.807, 2.05) is 61.8 Å². The monoisotopic (exact) mass is 471 g/mol. The number of hydrogen-bond donors (Lipinski definition) is 0. The summed E-state index contributed by atoms with van der Waals surface area (Å²) in [6, 6.07) is 18.4. The first-order chi connectivity index (χ1) is 15.1. The Morgan fingerprint density at radius 3 is 2.34 bits per heavy atom. The number of fused-ring (bicyclic) bond motifs is 1. The van der Waals surface area contributed by atoms with Gasteiger partial charge in [-0.25, -0.2) is 17.8 Å². The van der Waals surface area contributed by atoms with E-state index in [0.29, 0.717) is 0 Å². The molecule has 0 saturated heterocycles. The number of thiazole rings is 1. The molecule has 0 atom stereocenters. The molecule has 166 valence electrons. The van der Waals surface area contributed by atoms with Crippen LogP contribution in [0, 0.1) is 4.80 Å². The zero-order valence-corrected chi connectivity index (χ0v) is 19.5. The van der Waals surface area contributed by atoms with Gasteiger partial charge in [-0.05, 0) is 41.7 Å². The molecule has 0 aliphatic heterocycles. The first-order valence-electron chi connectivity index (χ1n) is 9.60. The van der Waals surface area contributed by atoms with Crippen LogP contribution in [0.1, 0.15) is 0 Å². The average molecular weight is 472 g/mol. The van der Waals surface area contributed by atoms with E-state index in [1.54, 1.807) is 11.3 Å². The molecule has 0 amide bonds. The maximum absolute atomic E-state index is 13.3. The molecule has 3 aromatic carbocycles. The smallest absolute Gasteiger partial charge is 0.349 e. The summed E-state index contributed by atoms with van der Waals surface area (Å²) in [7, 11) is 2.48. The van der Waals surface area contributed by atoms with E-state index >= 15 is 0 Å². The molecule has 5 rings (SSSR count). The molecule has 0 unspecified atom stereocenters. The lowest BCUT2D eigenvalue weighted by molar-refractivity contribution is -0.494. The van der Waals surface area contributed by atoms with Crippen LogP contribution in [-0.4, -0.2) is 38.7 Å². The normalized spacial score (nSPS) is 12.9. The maximum atomic E-state index is 13.3. The molecule has 10 heteroatoms. The first-order valence-corrected chi connectivity index (χ1v) is 11.8. The Kier molecular flexibility index (Phi) is 5.63. The number of hydrogen-bond acceptors (Lipinski definition) is 7. The van der Waals surface area contributed by atoms with Crippen LogP contribution in [-0.2, 0) is 21.6 Å². The number of benzene rings is 3. The molecule has 0 radical (unpaired) electrons. The highest BCUT2D eigenvalue weighted by Crippen LogP contribution is 2.31. The molecule has 2 heterocycles. The minimum atomic E-state index is -4.41. The standard InChI is InChI=1S/C21H18N3OS.CH4O4S/c1-22(2)15-12-11-14-19-13(15)7-6-9-17(19)24(20(14)25)21-23(3)16-8-4-5-10-18(16)26-21;1-5-6(2,3)4/h4-12H,1-3H3;1H3,(H,2,3,4)/q+1;/p-1. The van der Waals surface area contributed by atoms with E-state index in [1.165, 1.54) is 4.70 Å². The minimum absolute atomic E-state index is 0.0451. The molecule has 2 aromatic heterocycles. The number of aromatic nitrogens is 2. The van der Waals surface area contributed by atoms with E-state index in [4.69, 9.17) is 0 Å². The van der Waals surface area contributed by atoms with Crippen molar-refractivity contribution >= 4 is 59.3 Å². The van der Waals surface area contributed by atoms with Crippen LogP contribution in [0.2, 0.25) is 0 Å². The Bertz CT molecular complexity index is 1710. The first kappa shape index (κ1) is 22.2. The SMILES string of the molecule is CN(C)c1ccc2c(=O)[n+](=c3sc4ccccc4n3C)c3cccc1c23.COS(=O)(=O)[O-]. The van der Waals surface area contributed by atoms with Crippen molar-refractivity contribution in [3.63, 3.8) is 0 Å². The fraction of sp³-hybridized carbons (Fsp3) is 0.182. The van der Waals surface area contributed by atoms with Crippen molar-refractivity contribution in [3.8, 4) is 0 Å². The van der Waals surface area contributed by atoms with Crippen LogP contribution in [0.25, 0.3) is 31.9 Å². The lowest BCUT2D eigenvalue weighted by atomic mass is 10.1. The Balaban J connectivity index is 0.000000363. The van der Waals surface area contributed by atoms with E-state index in [2.05, 4.69) is 31.8 Å². The predicted molar refractivity (Wildman–Crippen MR) is 125 cm³/mol. The van der Waals surface area contributed by atoms with Gasteiger partial charge in [0.25, 0.3) is 0 Å². The number of aryl methyl sites for hydroxylation is 1. The lowest BCUT2D eigenvalue weighted by Crippen LogP contribution is -2.34. The Morgan fingerprint density at radius 1 is 1.03 bits per heavy atom. The zero-order valence-electron chi connectivity index (χ0n) is 17.9. The van der Waals surface area contributed by atoms with E-state index in [0.717, 1.165) is 44.8 Å². The fourth-order valence-corrected chi connectivity index (χ4v) is 4.99. The van der Waals surface area contributed by atoms with E-state index in [9.17, 15) is 17.8 Å². The predicted octanol–water partition coefficient (Wildman–Crippen LogP) is 2.59. The molecule has 5 aromatic rings. The topological polar surface area (TPSA) is 97.6 Å². The highest BCUT2D eigenvalue weighted by Gasteiger charge is 2.20. The molecule has 0 N–H and O–H groups in total. The summed E-state index contributed by atoms with van der Waals surface area (Å²) in [4.78, 5) is 16.3. The number of anilines is 1. The molecule has 8 nitrogen and oxygen atoms in total. The van der Waals surface area contributed by atoms with Gasteiger partial charge in [0.1, 0.15) is 11.0 Å². The van der Waals surface area contributed by atoms with Crippen LogP contribution in [0.4, 0.5) is 5.69 Å². The van der Waals surface area contributed by atoms with Crippen molar-refractivity contribution in [2.75, 3.05) is 26.1 Å². The second-order valence-corrected chi connectivity index (χ2v) is 9.51. The third kappa shape index (κ3) is 3.71. The van der Waals surface area contributed by atoms with E-state index < -0.39 is 10.4 Å². The van der Waals surface area contributed by atoms with Gasteiger partial charge in [0.05, 0.1) is 24.2 Å². The third-order valence-electron chi connectivity index (χ3n) is 5.26. The number of nitrogens with zero attached hydrogens (tertiary/aromatic N) is 3. The van der Waals surface area contributed by atoms with Crippen LogP contribution in [0.3, 0.4) is 0 Å². The molecule has 0 aliphatic carbocycles. The van der Waals surface area contributed by atoms with Crippen LogP contribution < -0.4 is 14.7 Å².